The lowest BCUT2D eigenvalue weighted by Crippen LogP contribution is -2.76. The molecule has 2 bridgehead atoms. The summed E-state index contributed by atoms with van der Waals surface area (Å²) < 4.78 is 20.3. The van der Waals surface area contributed by atoms with Crippen LogP contribution < -0.4 is 13.3 Å². The smallest absolute Gasteiger partial charge is 0.482 e. The predicted molar refractivity (Wildman–Crippen MR) is 131 cm³/mol. The molecule has 1 N–H and O–H groups in total. The Hall–Kier alpha value is -2.76. The van der Waals surface area contributed by atoms with Gasteiger partial charge in [0.1, 0.15) is 17.2 Å². The molecule has 172 valence electrons. The molecule has 5 heteroatoms. The molecule has 2 aliphatic carbocycles. The fourth-order valence-electron chi connectivity index (χ4n) is 5.98. The topological polar surface area (TPSA) is 47.9 Å². The summed E-state index contributed by atoms with van der Waals surface area (Å²) in [5.41, 5.74) is -0.491. The lowest BCUT2D eigenvalue weighted by Gasteiger charge is -2.50. The van der Waals surface area contributed by atoms with Gasteiger partial charge < -0.3 is 18.4 Å². The standard InChI is InChI=1S/C28H32O4Si/c1-26(2)22-19-20-27(26,3)28(29,21-22)33(30-23-13-7-4-8-14-23,31-24-15-9-5-10-16-24)32-25-17-11-6-12-18-25/h4-18,22,29H,19-21H2,1-3H3. The monoisotopic (exact) mass is 460 g/mol. The molecule has 0 heterocycles. The van der Waals surface area contributed by atoms with E-state index in [4.69, 9.17) is 13.3 Å². The summed E-state index contributed by atoms with van der Waals surface area (Å²) in [6.45, 7) is 6.74. The summed E-state index contributed by atoms with van der Waals surface area (Å²) in [6, 6.07) is 28.8. The second kappa shape index (κ2) is 7.92. The van der Waals surface area contributed by atoms with Crippen molar-refractivity contribution in [1.82, 2.24) is 0 Å². The van der Waals surface area contributed by atoms with E-state index in [0.717, 1.165) is 12.8 Å². The highest BCUT2D eigenvalue weighted by molar-refractivity contribution is 6.66. The highest BCUT2D eigenvalue weighted by atomic mass is 28.4. The van der Waals surface area contributed by atoms with Crippen LogP contribution in [0.25, 0.3) is 0 Å². The first-order valence-electron chi connectivity index (χ1n) is 11.7. The lowest BCUT2D eigenvalue weighted by atomic mass is 9.69. The number of hydrogen-bond donors (Lipinski definition) is 1. The van der Waals surface area contributed by atoms with Crippen LogP contribution in [0.1, 0.15) is 40.0 Å². The molecule has 3 atom stereocenters. The molecule has 3 unspecified atom stereocenters. The summed E-state index contributed by atoms with van der Waals surface area (Å²) in [7, 11) is -3.87. The van der Waals surface area contributed by atoms with Crippen LogP contribution in [0.4, 0.5) is 0 Å². The van der Waals surface area contributed by atoms with Crippen LogP contribution >= 0.6 is 0 Å². The van der Waals surface area contributed by atoms with Gasteiger partial charge in [-0.2, -0.15) is 0 Å². The van der Waals surface area contributed by atoms with Crippen LogP contribution in [-0.2, 0) is 0 Å². The molecule has 3 aromatic rings. The number of benzene rings is 3. The van der Waals surface area contributed by atoms with Crippen molar-refractivity contribution >= 4 is 8.80 Å². The van der Waals surface area contributed by atoms with Crippen molar-refractivity contribution in [3.8, 4) is 17.2 Å². The zero-order valence-electron chi connectivity index (χ0n) is 19.5. The van der Waals surface area contributed by atoms with Gasteiger partial charge in [0.25, 0.3) is 0 Å². The zero-order valence-corrected chi connectivity index (χ0v) is 20.5. The second-order valence-electron chi connectivity index (χ2n) is 10.2. The van der Waals surface area contributed by atoms with Gasteiger partial charge in [0.15, 0.2) is 5.22 Å². The Balaban J connectivity index is 1.70. The molecule has 0 saturated heterocycles. The van der Waals surface area contributed by atoms with Gasteiger partial charge in [-0.1, -0.05) is 75.4 Å². The number of rotatable bonds is 7. The van der Waals surface area contributed by atoms with Crippen molar-refractivity contribution in [3.05, 3.63) is 91.0 Å². The van der Waals surface area contributed by atoms with Crippen LogP contribution in [0.2, 0.25) is 0 Å². The van der Waals surface area contributed by atoms with Crippen molar-refractivity contribution in [1.29, 1.82) is 0 Å². The van der Waals surface area contributed by atoms with E-state index in [1.165, 1.54) is 0 Å². The summed E-state index contributed by atoms with van der Waals surface area (Å²) in [5.74, 6) is 2.27. The van der Waals surface area contributed by atoms with Gasteiger partial charge in [0.05, 0.1) is 0 Å². The van der Waals surface area contributed by atoms with Gasteiger partial charge in [0.2, 0.25) is 0 Å². The Bertz CT molecular complexity index is 987. The summed E-state index contributed by atoms with van der Waals surface area (Å²) >= 11 is 0. The van der Waals surface area contributed by atoms with E-state index in [9.17, 15) is 5.11 Å². The van der Waals surface area contributed by atoms with Crippen LogP contribution in [-0.4, -0.2) is 19.1 Å². The minimum atomic E-state index is -3.87. The molecule has 2 fully saturated rings. The minimum Gasteiger partial charge on any atom is -0.482 e. The molecule has 0 aliphatic heterocycles. The van der Waals surface area contributed by atoms with Crippen LogP contribution in [0.3, 0.4) is 0 Å². The summed E-state index contributed by atoms with van der Waals surface area (Å²) in [6.07, 6.45) is 2.60. The van der Waals surface area contributed by atoms with Gasteiger partial charge in [-0.25, -0.2) is 0 Å². The van der Waals surface area contributed by atoms with Crippen molar-refractivity contribution in [2.75, 3.05) is 0 Å². The molecule has 33 heavy (non-hydrogen) atoms. The van der Waals surface area contributed by atoms with Gasteiger partial charge >= 0.3 is 8.80 Å². The molecule has 5 rings (SSSR count). The molecule has 0 radical (unpaired) electrons. The molecule has 3 aromatic carbocycles. The van der Waals surface area contributed by atoms with Gasteiger partial charge in [0, 0.05) is 5.41 Å². The molecule has 4 nitrogen and oxygen atoms in total. The largest absolute Gasteiger partial charge is 0.733 e. The number of para-hydroxylation sites is 3. The zero-order chi connectivity index (χ0) is 23.2. The Labute approximate surface area is 197 Å². The third-order valence-corrected chi connectivity index (χ3v) is 11.7. The first-order chi connectivity index (χ1) is 15.8. The first kappa shape index (κ1) is 22.1. The SMILES string of the molecule is CC1(C)C2CCC1(C)C(O)([Si](Oc1ccccc1)(Oc1ccccc1)Oc1ccccc1)C2. The van der Waals surface area contributed by atoms with Crippen molar-refractivity contribution in [2.45, 2.75) is 45.3 Å². The van der Waals surface area contributed by atoms with E-state index in [0.29, 0.717) is 29.6 Å². The van der Waals surface area contributed by atoms with E-state index in [1.54, 1.807) is 0 Å². The third kappa shape index (κ3) is 3.37. The van der Waals surface area contributed by atoms with E-state index >= 15 is 0 Å². The number of hydrogen-bond acceptors (Lipinski definition) is 4. The maximum absolute atomic E-state index is 12.8. The van der Waals surface area contributed by atoms with E-state index in [2.05, 4.69) is 20.8 Å². The highest BCUT2D eigenvalue weighted by Crippen LogP contribution is 2.71. The molecule has 0 amide bonds. The van der Waals surface area contributed by atoms with Gasteiger partial charge in [-0.3, -0.25) is 0 Å². The third-order valence-electron chi connectivity index (χ3n) is 8.38. The molecule has 2 saturated carbocycles. The van der Waals surface area contributed by atoms with Crippen molar-refractivity contribution in [2.24, 2.45) is 16.7 Å². The molecular formula is C28H32O4Si. The van der Waals surface area contributed by atoms with Gasteiger partial charge in [-0.15, -0.1) is 0 Å². The van der Waals surface area contributed by atoms with Crippen LogP contribution in [0, 0.1) is 16.7 Å². The Morgan fingerprint density at radius 3 is 1.39 bits per heavy atom. The Morgan fingerprint density at radius 2 is 1.09 bits per heavy atom. The van der Waals surface area contributed by atoms with E-state index < -0.39 is 19.4 Å². The average molecular weight is 461 g/mol. The summed E-state index contributed by atoms with van der Waals surface area (Å²) in [5, 5.41) is 11.5. The van der Waals surface area contributed by atoms with Crippen LogP contribution in [0.5, 0.6) is 17.2 Å². The van der Waals surface area contributed by atoms with Crippen molar-refractivity contribution < 1.29 is 18.4 Å². The fraction of sp³-hybridized carbons (Fsp3) is 0.357. The Kier molecular flexibility index (Phi) is 5.30. The van der Waals surface area contributed by atoms with E-state index in [1.807, 2.05) is 91.0 Å². The van der Waals surface area contributed by atoms with E-state index in [-0.39, 0.29) is 5.41 Å². The molecular weight excluding hydrogens is 428 g/mol. The molecule has 0 aromatic heterocycles. The first-order valence-corrected chi connectivity index (χ1v) is 13.5. The number of fused-ring (bicyclic) bond motifs is 2. The van der Waals surface area contributed by atoms with Crippen molar-refractivity contribution in [3.63, 3.8) is 0 Å². The second-order valence-corrected chi connectivity index (χ2v) is 12.7. The van der Waals surface area contributed by atoms with Crippen LogP contribution in [0.15, 0.2) is 91.0 Å². The maximum atomic E-state index is 12.8. The number of aliphatic hydroxyl groups is 1. The lowest BCUT2D eigenvalue weighted by molar-refractivity contribution is -0.0695. The Morgan fingerprint density at radius 1 is 0.697 bits per heavy atom. The average Bonchev–Trinajstić information content (AvgIpc) is 3.13. The quantitative estimate of drug-likeness (QED) is 0.422. The predicted octanol–water partition coefficient (Wildman–Crippen LogP) is 6.28. The molecule has 0 spiro atoms. The van der Waals surface area contributed by atoms with Gasteiger partial charge in [-0.05, 0) is 67.0 Å². The molecule has 2 aliphatic rings. The highest BCUT2D eigenvalue weighted by Gasteiger charge is 2.83. The summed E-state index contributed by atoms with van der Waals surface area (Å²) in [4.78, 5) is 0. The normalized spacial score (nSPS) is 27.8. The minimum absolute atomic E-state index is 0.0693. The maximum Gasteiger partial charge on any atom is 0.733 e. The fourth-order valence-corrected chi connectivity index (χ4v) is 9.58.